The van der Waals surface area contributed by atoms with Crippen molar-refractivity contribution in [2.75, 3.05) is 0 Å². The van der Waals surface area contributed by atoms with E-state index in [1.54, 1.807) is 11.8 Å². The van der Waals surface area contributed by atoms with Crippen LogP contribution in [0.25, 0.3) is 11.1 Å². The lowest BCUT2D eigenvalue weighted by Crippen LogP contribution is -2.16. The highest BCUT2D eigenvalue weighted by atomic mass is 32.2. The van der Waals surface area contributed by atoms with Crippen LogP contribution in [-0.2, 0) is 19.3 Å². The summed E-state index contributed by atoms with van der Waals surface area (Å²) in [7, 11) is 0. The van der Waals surface area contributed by atoms with Crippen LogP contribution in [0.2, 0.25) is 0 Å². The fourth-order valence-electron chi connectivity index (χ4n) is 4.53. The lowest BCUT2D eigenvalue weighted by molar-refractivity contribution is 0.0972. The number of hydrogen-bond acceptors (Lipinski definition) is 3. The quantitative estimate of drug-likeness (QED) is 0.401. The van der Waals surface area contributed by atoms with Crippen molar-refractivity contribution in [1.29, 1.82) is 0 Å². The standard InChI is InChI=1S/C18H16O.C9H7NS/c19-18-7-3-6-14-16-9-8-12-4-1-2-5-13(12)15(16)10-11-17(14)18;1-2-5-9-8(4-1)10-6-3-7-11-9/h1-2,4-5,10-11H,3,6-9H2;1-7H. The maximum absolute atomic E-state index is 12.0. The van der Waals surface area contributed by atoms with Crippen molar-refractivity contribution < 1.29 is 4.79 Å². The molecular formula is C27H23NOS. The highest BCUT2D eigenvalue weighted by molar-refractivity contribution is 8.02. The summed E-state index contributed by atoms with van der Waals surface area (Å²) in [5.74, 6) is 0.336. The van der Waals surface area contributed by atoms with Crippen LogP contribution in [0, 0.1) is 0 Å². The molecule has 2 aliphatic carbocycles. The molecule has 6 rings (SSSR count). The lowest BCUT2D eigenvalue weighted by atomic mass is 9.78. The molecule has 0 fully saturated rings. The van der Waals surface area contributed by atoms with Crippen molar-refractivity contribution in [3.8, 4) is 11.1 Å². The van der Waals surface area contributed by atoms with E-state index in [-0.39, 0.29) is 0 Å². The second kappa shape index (κ2) is 8.45. The van der Waals surface area contributed by atoms with Crippen LogP contribution in [0.5, 0.6) is 0 Å². The van der Waals surface area contributed by atoms with E-state index in [1.807, 2.05) is 35.9 Å². The van der Waals surface area contributed by atoms with Crippen molar-refractivity contribution in [3.63, 3.8) is 0 Å². The average molecular weight is 410 g/mol. The number of thioether (sulfide) groups is 1. The lowest BCUT2D eigenvalue weighted by Gasteiger charge is -2.26. The molecule has 0 aromatic heterocycles. The number of aryl methyl sites for hydroxylation is 1. The van der Waals surface area contributed by atoms with Gasteiger partial charge in [-0.2, -0.15) is 0 Å². The molecule has 1 heterocycles. The molecule has 2 nitrogen and oxygen atoms in total. The summed E-state index contributed by atoms with van der Waals surface area (Å²) in [5, 5.41) is 2.04. The van der Waals surface area contributed by atoms with Gasteiger partial charge in [-0.05, 0) is 77.1 Å². The first-order valence-corrected chi connectivity index (χ1v) is 11.4. The zero-order valence-corrected chi connectivity index (χ0v) is 17.6. The molecule has 0 spiro atoms. The summed E-state index contributed by atoms with van der Waals surface area (Å²) in [6.07, 6.45) is 8.78. The van der Waals surface area contributed by atoms with Crippen LogP contribution in [0.3, 0.4) is 0 Å². The summed E-state index contributed by atoms with van der Waals surface area (Å²) in [6.45, 7) is 0. The van der Waals surface area contributed by atoms with Crippen LogP contribution in [0.4, 0.5) is 5.69 Å². The Hall–Kier alpha value is -2.91. The molecule has 148 valence electrons. The summed E-state index contributed by atoms with van der Waals surface area (Å²) in [6, 6.07) is 21.0. The molecule has 0 radical (unpaired) electrons. The first-order valence-electron chi connectivity index (χ1n) is 10.5. The molecule has 0 atom stereocenters. The molecule has 3 heteroatoms. The molecule has 0 N–H and O–H groups in total. The molecule has 0 amide bonds. The minimum atomic E-state index is 0.336. The normalized spacial score (nSPS) is 15.7. The number of fused-ring (bicyclic) bond motifs is 6. The third kappa shape index (κ3) is 3.66. The molecule has 1 aliphatic heterocycles. The third-order valence-electron chi connectivity index (χ3n) is 5.95. The topological polar surface area (TPSA) is 29.4 Å². The van der Waals surface area contributed by atoms with Gasteiger partial charge in [-0.1, -0.05) is 60.3 Å². The molecule has 0 saturated heterocycles. The Bertz CT molecular complexity index is 1180. The predicted octanol–water partition coefficient (Wildman–Crippen LogP) is 6.98. The van der Waals surface area contributed by atoms with Crippen LogP contribution in [-0.4, -0.2) is 12.0 Å². The minimum absolute atomic E-state index is 0.336. The van der Waals surface area contributed by atoms with E-state index in [9.17, 15) is 4.79 Å². The summed E-state index contributed by atoms with van der Waals surface area (Å²) in [5.41, 5.74) is 8.98. The number of hydrogen-bond donors (Lipinski definition) is 0. The van der Waals surface area contributed by atoms with Gasteiger partial charge in [-0.15, -0.1) is 0 Å². The molecule has 3 aromatic rings. The van der Waals surface area contributed by atoms with Crippen molar-refractivity contribution >= 4 is 29.4 Å². The van der Waals surface area contributed by atoms with Crippen molar-refractivity contribution in [2.45, 2.75) is 37.0 Å². The van der Waals surface area contributed by atoms with Crippen molar-refractivity contribution in [3.05, 3.63) is 94.4 Å². The van der Waals surface area contributed by atoms with Gasteiger partial charge in [0.05, 0.1) is 5.69 Å². The maximum atomic E-state index is 12.0. The number of carbonyl (C=O) groups is 1. The van der Waals surface area contributed by atoms with E-state index in [0.717, 1.165) is 43.4 Å². The van der Waals surface area contributed by atoms with E-state index in [1.165, 1.54) is 32.7 Å². The largest absolute Gasteiger partial charge is 0.294 e. The van der Waals surface area contributed by atoms with Gasteiger partial charge in [0, 0.05) is 23.1 Å². The average Bonchev–Trinajstić information content (AvgIpc) is 3.05. The first kappa shape index (κ1) is 19.1. The molecule has 3 aromatic carbocycles. The smallest absolute Gasteiger partial charge is 0.163 e. The van der Waals surface area contributed by atoms with Gasteiger partial charge >= 0.3 is 0 Å². The fraction of sp³-hybridized carbons (Fsp3) is 0.185. The Kier molecular flexibility index (Phi) is 5.37. The molecule has 3 aliphatic rings. The SMILES string of the molecule is C1=CSc2ccccc2N=C1.O=C1CCCc2c1ccc1c2CCc2ccccc2-1. The number of carbonyl (C=O) groups excluding carboxylic acids is 1. The van der Waals surface area contributed by atoms with E-state index >= 15 is 0 Å². The number of ketones is 1. The number of Topliss-reactive ketones (excluding diaryl/α,β-unsaturated/α-hetero) is 1. The molecule has 0 saturated carbocycles. The summed E-state index contributed by atoms with van der Waals surface area (Å²) < 4.78 is 0. The van der Waals surface area contributed by atoms with Gasteiger partial charge in [0.15, 0.2) is 5.78 Å². The van der Waals surface area contributed by atoms with Gasteiger partial charge in [0.2, 0.25) is 0 Å². The Labute approximate surface area is 181 Å². The number of para-hydroxylation sites is 1. The number of allylic oxidation sites excluding steroid dienone is 1. The third-order valence-corrected chi connectivity index (χ3v) is 6.84. The zero-order chi connectivity index (χ0) is 20.3. The van der Waals surface area contributed by atoms with E-state index < -0.39 is 0 Å². The number of nitrogens with zero attached hydrogens (tertiary/aromatic N) is 1. The van der Waals surface area contributed by atoms with Crippen molar-refractivity contribution in [2.24, 2.45) is 4.99 Å². The van der Waals surface area contributed by atoms with Gasteiger partial charge in [0.1, 0.15) is 0 Å². The predicted molar refractivity (Wildman–Crippen MR) is 126 cm³/mol. The number of rotatable bonds is 0. The minimum Gasteiger partial charge on any atom is -0.294 e. The molecule has 30 heavy (non-hydrogen) atoms. The highest BCUT2D eigenvalue weighted by Crippen LogP contribution is 2.38. The van der Waals surface area contributed by atoms with Gasteiger partial charge in [-0.25, -0.2) is 0 Å². The van der Waals surface area contributed by atoms with Gasteiger partial charge < -0.3 is 0 Å². The van der Waals surface area contributed by atoms with Gasteiger partial charge in [0.25, 0.3) is 0 Å². The van der Waals surface area contributed by atoms with E-state index in [2.05, 4.69) is 47.5 Å². The second-order valence-corrected chi connectivity index (χ2v) is 8.69. The molecule has 0 bridgehead atoms. The summed E-state index contributed by atoms with van der Waals surface area (Å²) >= 11 is 1.70. The molecular weight excluding hydrogens is 386 g/mol. The van der Waals surface area contributed by atoms with E-state index in [0.29, 0.717) is 5.78 Å². The highest BCUT2D eigenvalue weighted by Gasteiger charge is 2.24. The zero-order valence-electron chi connectivity index (χ0n) is 16.8. The second-order valence-electron chi connectivity index (χ2n) is 7.74. The van der Waals surface area contributed by atoms with Crippen LogP contribution < -0.4 is 0 Å². The number of aliphatic imine (C=N–C) groups is 1. The maximum Gasteiger partial charge on any atom is 0.163 e. The number of benzene rings is 3. The Morgan fingerprint density at radius 3 is 2.50 bits per heavy atom. The van der Waals surface area contributed by atoms with Crippen LogP contribution in [0.15, 0.2) is 82.0 Å². The van der Waals surface area contributed by atoms with Gasteiger partial charge in [-0.3, -0.25) is 9.79 Å². The van der Waals surface area contributed by atoms with Crippen LogP contribution in [0.1, 0.15) is 39.9 Å². The Morgan fingerprint density at radius 1 is 0.733 bits per heavy atom. The summed E-state index contributed by atoms with van der Waals surface area (Å²) in [4.78, 5) is 17.5. The Morgan fingerprint density at radius 2 is 1.53 bits per heavy atom. The fourth-order valence-corrected chi connectivity index (χ4v) is 5.23. The first-order chi connectivity index (χ1) is 14.8. The Balaban J connectivity index is 0.000000149. The van der Waals surface area contributed by atoms with Crippen molar-refractivity contribution in [1.82, 2.24) is 0 Å². The van der Waals surface area contributed by atoms with E-state index in [4.69, 9.17) is 0 Å². The monoisotopic (exact) mass is 409 g/mol. The molecule has 0 unspecified atom stereocenters. The van der Waals surface area contributed by atoms with Crippen LogP contribution >= 0.6 is 11.8 Å².